The molecule has 0 bridgehead atoms. The van der Waals surface area contributed by atoms with E-state index in [4.69, 9.17) is 9.97 Å². The van der Waals surface area contributed by atoms with Crippen LogP contribution in [0.4, 0.5) is 0 Å². The molecule has 1 aliphatic carbocycles. The Morgan fingerprint density at radius 2 is 1.04 bits per heavy atom. The van der Waals surface area contributed by atoms with Crippen molar-refractivity contribution in [1.29, 1.82) is 5.26 Å². The van der Waals surface area contributed by atoms with E-state index in [0.717, 1.165) is 39.2 Å². The molecule has 7 aromatic rings. The number of nitriles is 1. The molecule has 222 valence electrons. The maximum absolute atomic E-state index is 9.57. The highest BCUT2D eigenvalue weighted by Gasteiger charge is 2.35. The summed E-state index contributed by atoms with van der Waals surface area (Å²) >= 11 is 0. The van der Waals surface area contributed by atoms with E-state index in [1.165, 1.54) is 33.4 Å². The van der Waals surface area contributed by atoms with Crippen molar-refractivity contribution in [2.75, 3.05) is 0 Å². The van der Waals surface area contributed by atoms with E-state index in [2.05, 4.69) is 135 Å². The maximum Gasteiger partial charge on any atom is 0.160 e. The molecule has 0 unspecified atom stereocenters. The van der Waals surface area contributed by atoms with Crippen molar-refractivity contribution in [1.82, 2.24) is 9.97 Å². The first-order chi connectivity index (χ1) is 23.0. The predicted molar refractivity (Wildman–Crippen MR) is 191 cm³/mol. The summed E-state index contributed by atoms with van der Waals surface area (Å²) in [6.07, 6.45) is 0. The van der Waals surface area contributed by atoms with Crippen molar-refractivity contribution >= 4 is 0 Å². The van der Waals surface area contributed by atoms with Gasteiger partial charge in [-0.2, -0.15) is 5.26 Å². The second-order valence-corrected chi connectivity index (χ2v) is 12.6. The van der Waals surface area contributed by atoms with Crippen LogP contribution in [0.1, 0.15) is 30.5 Å². The van der Waals surface area contributed by atoms with E-state index in [0.29, 0.717) is 11.4 Å². The average molecular weight is 602 g/mol. The van der Waals surface area contributed by atoms with E-state index < -0.39 is 0 Å². The van der Waals surface area contributed by atoms with Crippen LogP contribution in [-0.2, 0) is 5.41 Å². The van der Waals surface area contributed by atoms with Crippen LogP contribution >= 0.6 is 0 Å². The van der Waals surface area contributed by atoms with Gasteiger partial charge in [0.15, 0.2) is 5.82 Å². The number of rotatable bonds is 5. The largest absolute Gasteiger partial charge is 0.228 e. The molecule has 0 spiro atoms. The van der Waals surface area contributed by atoms with Crippen LogP contribution in [0.3, 0.4) is 0 Å². The van der Waals surface area contributed by atoms with Gasteiger partial charge in [-0.05, 0) is 68.8 Å². The van der Waals surface area contributed by atoms with E-state index >= 15 is 0 Å². The van der Waals surface area contributed by atoms with Gasteiger partial charge >= 0.3 is 0 Å². The van der Waals surface area contributed by atoms with Gasteiger partial charge < -0.3 is 0 Å². The molecule has 3 nitrogen and oxygen atoms in total. The standard InChI is InChI=1S/C44H31N3/c1-44(2)39-24-22-34(26-38(39)36-23-17-29(28-45)25-40(36)44)35-15-9-10-16-37(35)42-27-41(46-43(47-42)33-13-7-4-8-14-33)32-20-18-31(19-21-32)30-11-5-3-6-12-30/h3-27H,1-2H3. The molecule has 0 fully saturated rings. The van der Waals surface area contributed by atoms with Gasteiger partial charge in [0.05, 0.1) is 23.0 Å². The average Bonchev–Trinajstić information content (AvgIpc) is 3.37. The van der Waals surface area contributed by atoms with Gasteiger partial charge in [-0.3, -0.25) is 0 Å². The van der Waals surface area contributed by atoms with Crippen LogP contribution in [-0.4, -0.2) is 9.97 Å². The number of hydrogen-bond acceptors (Lipinski definition) is 3. The minimum absolute atomic E-state index is 0.183. The van der Waals surface area contributed by atoms with Gasteiger partial charge in [-0.25, -0.2) is 9.97 Å². The van der Waals surface area contributed by atoms with Crippen molar-refractivity contribution in [3.8, 4) is 73.4 Å². The third-order valence-corrected chi connectivity index (χ3v) is 9.37. The molecule has 0 saturated carbocycles. The highest BCUT2D eigenvalue weighted by molar-refractivity contribution is 5.89. The van der Waals surface area contributed by atoms with Gasteiger partial charge in [0.2, 0.25) is 0 Å². The Hall–Kier alpha value is -6.11. The molecular weight excluding hydrogens is 571 g/mol. The van der Waals surface area contributed by atoms with Crippen LogP contribution in [0.5, 0.6) is 0 Å². The summed E-state index contributed by atoms with van der Waals surface area (Å²) in [5, 5.41) is 9.57. The Morgan fingerprint density at radius 1 is 0.447 bits per heavy atom. The molecule has 47 heavy (non-hydrogen) atoms. The van der Waals surface area contributed by atoms with E-state index in [1.54, 1.807) is 0 Å². The summed E-state index contributed by atoms with van der Waals surface area (Å²) in [6.45, 7) is 4.48. The van der Waals surface area contributed by atoms with Gasteiger partial charge in [0.25, 0.3) is 0 Å². The molecular formula is C44H31N3. The number of nitrogens with zero attached hydrogens (tertiary/aromatic N) is 3. The smallest absolute Gasteiger partial charge is 0.160 e. The topological polar surface area (TPSA) is 49.6 Å². The fourth-order valence-corrected chi connectivity index (χ4v) is 6.86. The zero-order valence-electron chi connectivity index (χ0n) is 26.3. The van der Waals surface area contributed by atoms with Gasteiger partial charge in [-0.15, -0.1) is 0 Å². The minimum Gasteiger partial charge on any atom is -0.228 e. The molecule has 1 heterocycles. The fourth-order valence-electron chi connectivity index (χ4n) is 6.86. The van der Waals surface area contributed by atoms with E-state index in [-0.39, 0.29) is 5.41 Å². The minimum atomic E-state index is -0.183. The third-order valence-electron chi connectivity index (χ3n) is 9.37. The fraction of sp³-hybridized carbons (Fsp3) is 0.0682. The van der Waals surface area contributed by atoms with Crippen molar-refractivity contribution in [3.05, 3.63) is 168 Å². The van der Waals surface area contributed by atoms with E-state index in [1.807, 2.05) is 36.4 Å². The lowest BCUT2D eigenvalue weighted by Crippen LogP contribution is -2.15. The van der Waals surface area contributed by atoms with Crippen LogP contribution in [0.2, 0.25) is 0 Å². The quantitative estimate of drug-likeness (QED) is 0.197. The summed E-state index contributed by atoms with van der Waals surface area (Å²) in [5.41, 5.74) is 14.8. The highest BCUT2D eigenvalue weighted by atomic mass is 14.9. The molecule has 0 saturated heterocycles. The number of hydrogen-bond donors (Lipinski definition) is 0. The Labute approximate surface area is 275 Å². The predicted octanol–water partition coefficient (Wildman–Crippen LogP) is 11.0. The van der Waals surface area contributed by atoms with Crippen LogP contribution in [0, 0.1) is 11.3 Å². The van der Waals surface area contributed by atoms with Crippen molar-refractivity contribution in [2.24, 2.45) is 0 Å². The van der Waals surface area contributed by atoms with Gasteiger partial charge in [0, 0.05) is 22.1 Å². The number of aromatic nitrogens is 2. The third kappa shape index (κ3) is 5.01. The molecule has 1 aliphatic rings. The normalized spacial score (nSPS) is 12.6. The summed E-state index contributed by atoms with van der Waals surface area (Å²) < 4.78 is 0. The van der Waals surface area contributed by atoms with Crippen LogP contribution < -0.4 is 0 Å². The molecule has 0 N–H and O–H groups in total. The zero-order chi connectivity index (χ0) is 32.0. The molecule has 3 heteroatoms. The van der Waals surface area contributed by atoms with Gasteiger partial charge in [-0.1, -0.05) is 141 Å². The second kappa shape index (κ2) is 11.4. The summed E-state index contributed by atoms with van der Waals surface area (Å²) in [6, 6.07) is 55.0. The molecule has 1 aromatic heterocycles. The lowest BCUT2D eigenvalue weighted by atomic mass is 9.81. The van der Waals surface area contributed by atoms with Crippen LogP contribution in [0.15, 0.2) is 152 Å². The number of benzene rings is 6. The molecule has 6 aromatic carbocycles. The monoisotopic (exact) mass is 601 g/mol. The Balaban J connectivity index is 1.26. The van der Waals surface area contributed by atoms with Crippen LogP contribution in [0.25, 0.3) is 67.3 Å². The SMILES string of the molecule is CC1(C)c2ccc(-c3ccccc3-c3cc(-c4ccc(-c5ccccc5)cc4)nc(-c4ccccc4)n3)cc2-c2ccc(C#N)cc21. The van der Waals surface area contributed by atoms with Gasteiger partial charge in [0.1, 0.15) is 0 Å². The molecule has 0 amide bonds. The summed E-state index contributed by atoms with van der Waals surface area (Å²) in [4.78, 5) is 10.2. The van der Waals surface area contributed by atoms with E-state index in [9.17, 15) is 5.26 Å². The first kappa shape index (κ1) is 28.4. The summed E-state index contributed by atoms with van der Waals surface area (Å²) in [5.74, 6) is 0.693. The number of fused-ring (bicyclic) bond motifs is 3. The molecule has 8 rings (SSSR count). The Bertz CT molecular complexity index is 2310. The van der Waals surface area contributed by atoms with Crippen molar-refractivity contribution < 1.29 is 0 Å². The lowest BCUT2D eigenvalue weighted by molar-refractivity contribution is 0.660. The van der Waals surface area contributed by atoms with Crippen molar-refractivity contribution in [2.45, 2.75) is 19.3 Å². The molecule has 0 atom stereocenters. The lowest BCUT2D eigenvalue weighted by Gasteiger charge is -2.21. The second-order valence-electron chi connectivity index (χ2n) is 12.6. The summed E-state index contributed by atoms with van der Waals surface area (Å²) in [7, 11) is 0. The Morgan fingerprint density at radius 3 is 1.77 bits per heavy atom. The first-order valence-electron chi connectivity index (χ1n) is 15.9. The molecule has 0 aliphatic heterocycles. The van der Waals surface area contributed by atoms with Crippen molar-refractivity contribution in [3.63, 3.8) is 0 Å². The zero-order valence-corrected chi connectivity index (χ0v) is 26.3. The first-order valence-corrected chi connectivity index (χ1v) is 15.9. The maximum atomic E-state index is 9.57. The Kier molecular flexibility index (Phi) is 6.85. The molecule has 0 radical (unpaired) electrons. The highest BCUT2D eigenvalue weighted by Crippen LogP contribution is 2.50.